The molecule has 0 radical (unpaired) electrons. The smallest absolute Gasteiger partial charge is 0.410 e. The summed E-state index contributed by atoms with van der Waals surface area (Å²) in [5.74, 6) is 1.38. The molecule has 1 aromatic carbocycles. The zero-order valence-corrected chi connectivity index (χ0v) is 17.8. The zero-order chi connectivity index (χ0) is 20.3. The third-order valence-electron chi connectivity index (χ3n) is 5.82. The number of benzene rings is 1. The number of ether oxygens (including phenoxy) is 1. The maximum atomic E-state index is 12.2. The highest BCUT2D eigenvalue weighted by atomic mass is 35.5. The summed E-state index contributed by atoms with van der Waals surface area (Å²) in [5, 5.41) is 9.65. The van der Waals surface area contributed by atoms with E-state index in [1.807, 2.05) is 37.8 Å². The quantitative estimate of drug-likeness (QED) is 0.691. The summed E-state index contributed by atoms with van der Waals surface area (Å²) in [6.45, 7) is 9.29. The lowest BCUT2D eigenvalue weighted by molar-refractivity contribution is 0.0152. The second-order valence-corrected chi connectivity index (χ2v) is 9.31. The summed E-state index contributed by atoms with van der Waals surface area (Å²) in [5.41, 5.74) is 1.19. The normalized spacial score (nSPS) is 19.4. The Morgan fingerprint density at radius 2 is 1.68 bits per heavy atom. The van der Waals surface area contributed by atoms with Crippen LogP contribution in [0.5, 0.6) is 0 Å². The van der Waals surface area contributed by atoms with Crippen LogP contribution in [0.3, 0.4) is 0 Å². The monoisotopic (exact) mass is 403 g/mol. The van der Waals surface area contributed by atoms with Crippen LogP contribution in [-0.2, 0) is 4.74 Å². The fraction of sp³-hybridized carbons (Fsp3) is 0.636. The van der Waals surface area contributed by atoms with E-state index >= 15 is 0 Å². The van der Waals surface area contributed by atoms with Gasteiger partial charge in [0, 0.05) is 26.2 Å². The van der Waals surface area contributed by atoms with Gasteiger partial charge in [0.15, 0.2) is 0 Å². The van der Waals surface area contributed by atoms with Gasteiger partial charge in [0.2, 0.25) is 0 Å². The summed E-state index contributed by atoms with van der Waals surface area (Å²) >= 11 is 6.38. The van der Waals surface area contributed by atoms with E-state index in [-0.39, 0.29) is 6.09 Å². The second-order valence-electron chi connectivity index (χ2n) is 8.91. The Bertz CT molecular complexity index is 737. The molecule has 2 saturated heterocycles. The first-order valence-electron chi connectivity index (χ1n) is 10.2. The molecule has 2 aliphatic rings. The van der Waals surface area contributed by atoms with Crippen LogP contribution in [-0.4, -0.2) is 42.8 Å². The number of likely N-dealkylation sites (tertiary alicyclic amines) is 1. The number of halogens is 1. The first-order chi connectivity index (χ1) is 13.3. The Morgan fingerprint density at radius 1 is 1.11 bits per heavy atom. The van der Waals surface area contributed by atoms with Gasteiger partial charge in [-0.05, 0) is 76.5 Å². The van der Waals surface area contributed by atoms with Crippen LogP contribution < -0.4 is 4.90 Å². The third-order valence-corrected chi connectivity index (χ3v) is 6.12. The molecule has 0 unspecified atom stereocenters. The van der Waals surface area contributed by atoms with Crippen molar-refractivity contribution in [3.63, 3.8) is 0 Å². The van der Waals surface area contributed by atoms with Crippen LogP contribution in [0.15, 0.2) is 18.2 Å². The van der Waals surface area contributed by atoms with Gasteiger partial charge in [-0.15, -0.1) is 0 Å². The van der Waals surface area contributed by atoms with Crippen molar-refractivity contribution in [2.75, 3.05) is 31.1 Å². The molecule has 152 valence electrons. The Morgan fingerprint density at radius 3 is 2.18 bits per heavy atom. The van der Waals surface area contributed by atoms with Gasteiger partial charge in [-0.3, -0.25) is 0 Å². The van der Waals surface area contributed by atoms with Gasteiger partial charge in [-0.25, -0.2) is 4.79 Å². The van der Waals surface area contributed by atoms with Crippen LogP contribution in [0.25, 0.3) is 0 Å². The van der Waals surface area contributed by atoms with Crippen molar-refractivity contribution < 1.29 is 9.53 Å². The average molecular weight is 404 g/mol. The van der Waals surface area contributed by atoms with Crippen LogP contribution >= 0.6 is 11.6 Å². The molecule has 0 N–H and O–H groups in total. The van der Waals surface area contributed by atoms with E-state index in [9.17, 15) is 4.79 Å². The molecule has 5 nitrogen and oxygen atoms in total. The number of piperidine rings is 2. The predicted molar refractivity (Wildman–Crippen MR) is 112 cm³/mol. The lowest BCUT2D eigenvalue weighted by atomic mass is 9.79. The highest BCUT2D eigenvalue weighted by molar-refractivity contribution is 6.33. The van der Waals surface area contributed by atoms with Gasteiger partial charge < -0.3 is 14.5 Å². The number of nitriles is 1. The van der Waals surface area contributed by atoms with Crippen molar-refractivity contribution >= 4 is 23.4 Å². The molecule has 2 aliphatic heterocycles. The molecule has 0 bridgehead atoms. The van der Waals surface area contributed by atoms with Crippen molar-refractivity contribution in [1.82, 2.24) is 4.90 Å². The Hall–Kier alpha value is -1.93. The molecular formula is C22H30ClN3O2. The van der Waals surface area contributed by atoms with Crippen molar-refractivity contribution in [3.05, 3.63) is 28.8 Å². The molecule has 1 aromatic rings. The van der Waals surface area contributed by atoms with Crippen molar-refractivity contribution in [2.45, 2.75) is 52.1 Å². The molecule has 6 heteroatoms. The highest BCUT2D eigenvalue weighted by Gasteiger charge is 2.32. The minimum atomic E-state index is -0.437. The molecular weight excluding hydrogens is 374 g/mol. The van der Waals surface area contributed by atoms with E-state index < -0.39 is 5.60 Å². The number of hydrogen-bond donors (Lipinski definition) is 0. The van der Waals surface area contributed by atoms with Crippen LogP contribution in [0.2, 0.25) is 5.02 Å². The summed E-state index contributed by atoms with van der Waals surface area (Å²) in [6.07, 6.45) is 4.22. The third kappa shape index (κ3) is 5.11. The number of anilines is 1. The Labute approximate surface area is 173 Å². The number of carbonyl (C=O) groups is 1. The van der Waals surface area contributed by atoms with Gasteiger partial charge in [0.1, 0.15) is 5.60 Å². The van der Waals surface area contributed by atoms with E-state index in [0.717, 1.165) is 57.5 Å². The molecule has 1 amide bonds. The van der Waals surface area contributed by atoms with Crippen LogP contribution in [0.1, 0.15) is 52.0 Å². The molecule has 0 saturated carbocycles. The van der Waals surface area contributed by atoms with Crippen LogP contribution in [0.4, 0.5) is 10.5 Å². The van der Waals surface area contributed by atoms with Crippen LogP contribution in [0, 0.1) is 23.2 Å². The fourth-order valence-corrected chi connectivity index (χ4v) is 4.62. The molecule has 0 aromatic heterocycles. The molecule has 0 aliphatic carbocycles. The average Bonchev–Trinajstić information content (AvgIpc) is 2.67. The van der Waals surface area contributed by atoms with E-state index in [0.29, 0.717) is 22.4 Å². The van der Waals surface area contributed by atoms with Gasteiger partial charge in [0.25, 0.3) is 0 Å². The summed E-state index contributed by atoms with van der Waals surface area (Å²) in [4.78, 5) is 16.4. The van der Waals surface area contributed by atoms with Gasteiger partial charge in [0.05, 0.1) is 22.3 Å². The standard InChI is InChI=1S/C22H30ClN3O2/c1-22(2,3)28-21(27)26-12-8-18(9-13-26)17-6-10-25(11-7-17)20-5-4-16(15-24)14-19(20)23/h4-5,14,17-18H,6-13H2,1-3H3. The second kappa shape index (κ2) is 8.61. The SMILES string of the molecule is CC(C)(C)OC(=O)N1CCC(C2CCN(c3ccc(C#N)cc3Cl)CC2)CC1. The highest BCUT2D eigenvalue weighted by Crippen LogP contribution is 2.36. The van der Waals surface area contributed by atoms with E-state index in [1.165, 1.54) is 0 Å². The summed E-state index contributed by atoms with van der Waals surface area (Å²) < 4.78 is 5.50. The molecule has 2 fully saturated rings. The first-order valence-corrected chi connectivity index (χ1v) is 10.6. The first kappa shape index (κ1) is 20.8. The molecule has 0 atom stereocenters. The number of hydrogen-bond acceptors (Lipinski definition) is 4. The maximum Gasteiger partial charge on any atom is 0.410 e. The number of rotatable bonds is 2. The lowest BCUT2D eigenvalue weighted by Gasteiger charge is -2.41. The lowest BCUT2D eigenvalue weighted by Crippen LogP contribution is -2.44. The number of amides is 1. The molecule has 2 heterocycles. The molecule has 3 rings (SSSR count). The summed E-state index contributed by atoms with van der Waals surface area (Å²) in [6, 6.07) is 7.67. The van der Waals surface area contributed by atoms with Gasteiger partial charge >= 0.3 is 6.09 Å². The van der Waals surface area contributed by atoms with Crippen molar-refractivity contribution in [1.29, 1.82) is 5.26 Å². The van der Waals surface area contributed by atoms with Gasteiger partial charge in [-0.1, -0.05) is 11.6 Å². The Kier molecular flexibility index (Phi) is 6.40. The molecule has 28 heavy (non-hydrogen) atoms. The van der Waals surface area contributed by atoms with E-state index in [4.69, 9.17) is 21.6 Å². The number of carbonyl (C=O) groups excluding carboxylic acids is 1. The number of nitrogens with zero attached hydrogens (tertiary/aromatic N) is 3. The predicted octanol–water partition coefficient (Wildman–Crippen LogP) is 5.08. The largest absolute Gasteiger partial charge is 0.444 e. The maximum absolute atomic E-state index is 12.2. The van der Waals surface area contributed by atoms with E-state index in [1.54, 1.807) is 6.07 Å². The fourth-order valence-electron chi connectivity index (χ4n) is 4.32. The van der Waals surface area contributed by atoms with Crippen molar-refractivity contribution in [3.8, 4) is 6.07 Å². The van der Waals surface area contributed by atoms with Crippen molar-refractivity contribution in [2.24, 2.45) is 11.8 Å². The minimum Gasteiger partial charge on any atom is -0.444 e. The zero-order valence-electron chi connectivity index (χ0n) is 17.1. The molecule has 0 spiro atoms. The summed E-state index contributed by atoms with van der Waals surface area (Å²) in [7, 11) is 0. The topological polar surface area (TPSA) is 56.6 Å². The van der Waals surface area contributed by atoms with Gasteiger partial charge in [-0.2, -0.15) is 5.26 Å². The minimum absolute atomic E-state index is 0.184. The van der Waals surface area contributed by atoms with E-state index in [2.05, 4.69) is 11.0 Å². The Balaban J connectivity index is 1.49.